The van der Waals surface area contributed by atoms with Gasteiger partial charge in [0.05, 0.1) is 6.61 Å². The van der Waals surface area contributed by atoms with Gasteiger partial charge in [-0.3, -0.25) is 9.59 Å². The molecule has 1 N–H and O–H groups in total. The van der Waals surface area contributed by atoms with Gasteiger partial charge in [0.2, 0.25) is 0 Å². The number of ether oxygens (including phenoxy) is 2. The largest absolute Gasteiger partial charge is 0.462 e. The lowest BCUT2D eigenvalue weighted by atomic mass is 10.0. The third-order valence-electron chi connectivity index (χ3n) is 10.5. The Morgan fingerprint density at radius 1 is 0.375 bits per heavy atom. The van der Waals surface area contributed by atoms with Crippen molar-refractivity contribution in [1.29, 1.82) is 0 Å². The van der Waals surface area contributed by atoms with E-state index in [2.05, 4.69) is 148 Å². The summed E-state index contributed by atoms with van der Waals surface area (Å²) in [5, 5.41) is 9.60. The molecular formula is C59H94O5. The van der Waals surface area contributed by atoms with Crippen molar-refractivity contribution >= 4 is 11.9 Å². The molecule has 0 aromatic heterocycles. The van der Waals surface area contributed by atoms with Gasteiger partial charge in [0.25, 0.3) is 0 Å². The summed E-state index contributed by atoms with van der Waals surface area (Å²) in [6.45, 7) is 3.98. The Kier molecular flexibility index (Phi) is 50.1. The fourth-order valence-electron chi connectivity index (χ4n) is 6.62. The fourth-order valence-corrected chi connectivity index (χ4v) is 6.62. The third-order valence-corrected chi connectivity index (χ3v) is 10.5. The lowest BCUT2D eigenvalue weighted by Gasteiger charge is -2.15. The predicted octanol–water partition coefficient (Wildman–Crippen LogP) is 17.3. The van der Waals surface area contributed by atoms with Gasteiger partial charge in [0.15, 0.2) is 6.10 Å². The van der Waals surface area contributed by atoms with E-state index in [1.807, 2.05) is 0 Å². The van der Waals surface area contributed by atoms with Gasteiger partial charge in [-0.15, -0.1) is 0 Å². The summed E-state index contributed by atoms with van der Waals surface area (Å²) in [6.07, 6.45) is 79.7. The van der Waals surface area contributed by atoms with E-state index >= 15 is 0 Å². The molecule has 0 aliphatic rings. The maximum atomic E-state index is 12.2. The molecule has 0 fully saturated rings. The number of esters is 2. The molecule has 0 amide bonds. The average molecular weight is 883 g/mol. The van der Waals surface area contributed by atoms with E-state index in [1.165, 1.54) is 64.2 Å². The number of carbonyl (C=O) groups excluding carboxylic acids is 2. The molecule has 0 aromatic rings. The topological polar surface area (TPSA) is 72.8 Å². The summed E-state index contributed by atoms with van der Waals surface area (Å²) in [7, 11) is 0. The van der Waals surface area contributed by atoms with Crippen molar-refractivity contribution < 1.29 is 24.2 Å². The summed E-state index contributed by atoms with van der Waals surface area (Å²) in [6, 6.07) is 0. The van der Waals surface area contributed by atoms with Crippen LogP contribution in [0.3, 0.4) is 0 Å². The van der Waals surface area contributed by atoms with Crippen molar-refractivity contribution in [2.24, 2.45) is 0 Å². The van der Waals surface area contributed by atoms with Gasteiger partial charge >= 0.3 is 11.9 Å². The molecule has 0 bridgehead atoms. The molecule has 5 nitrogen and oxygen atoms in total. The zero-order chi connectivity index (χ0) is 46.3. The van der Waals surface area contributed by atoms with Gasteiger partial charge in [-0.1, -0.05) is 231 Å². The van der Waals surface area contributed by atoms with Crippen molar-refractivity contribution in [2.45, 2.75) is 213 Å². The molecule has 0 heterocycles. The number of aliphatic hydroxyl groups is 1. The zero-order valence-electron chi connectivity index (χ0n) is 41.0. The van der Waals surface area contributed by atoms with Crippen LogP contribution in [-0.2, 0) is 19.1 Å². The van der Waals surface area contributed by atoms with Crippen molar-refractivity contribution in [3.05, 3.63) is 134 Å². The van der Waals surface area contributed by atoms with Crippen LogP contribution < -0.4 is 0 Å². The molecule has 360 valence electrons. The lowest BCUT2D eigenvalue weighted by Crippen LogP contribution is -2.28. The van der Waals surface area contributed by atoms with Crippen LogP contribution in [0.5, 0.6) is 0 Å². The minimum absolute atomic E-state index is 0.0852. The first-order chi connectivity index (χ1) is 31.6. The van der Waals surface area contributed by atoms with Gasteiger partial charge < -0.3 is 14.6 Å². The molecular weight excluding hydrogens is 789 g/mol. The Balaban J connectivity index is 3.69. The highest BCUT2D eigenvalue weighted by molar-refractivity contribution is 5.70. The smallest absolute Gasteiger partial charge is 0.306 e. The van der Waals surface area contributed by atoms with Crippen LogP contribution in [0, 0.1) is 0 Å². The third kappa shape index (κ3) is 50.7. The number of hydrogen-bond donors (Lipinski definition) is 1. The van der Waals surface area contributed by atoms with Gasteiger partial charge in [-0.25, -0.2) is 0 Å². The average Bonchev–Trinajstić information content (AvgIpc) is 3.30. The van der Waals surface area contributed by atoms with Crippen LogP contribution in [0.1, 0.15) is 206 Å². The van der Waals surface area contributed by atoms with Crippen LogP contribution in [0.25, 0.3) is 0 Å². The Labute approximate surface area is 394 Å². The minimum Gasteiger partial charge on any atom is -0.462 e. The van der Waals surface area contributed by atoms with Gasteiger partial charge in [-0.2, -0.15) is 0 Å². The highest BCUT2D eigenvalue weighted by Gasteiger charge is 2.16. The number of carbonyl (C=O) groups is 2. The molecule has 0 radical (unpaired) electrons. The minimum atomic E-state index is -0.796. The summed E-state index contributed by atoms with van der Waals surface area (Å²) in [5.41, 5.74) is 0. The van der Waals surface area contributed by atoms with Crippen molar-refractivity contribution in [2.75, 3.05) is 13.2 Å². The first-order valence-electron chi connectivity index (χ1n) is 25.7. The second-order valence-electron chi connectivity index (χ2n) is 16.5. The van der Waals surface area contributed by atoms with E-state index < -0.39 is 6.10 Å². The van der Waals surface area contributed by atoms with E-state index in [9.17, 15) is 14.7 Å². The summed E-state index contributed by atoms with van der Waals surface area (Å²) in [5.74, 6) is -0.636. The Morgan fingerprint density at radius 2 is 0.672 bits per heavy atom. The quantitative estimate of drug-likeness (QED) is 0.0375. The lowest BCUT2D eigenvalue weighted by molar-refractivity contribution is -0.161. The number of allylic oxidation sites excluding steroid dienone is 22. The molecule has 0 rings (SSSR count). The standard InChI is InChI=1S/C59H94O5/c1-3-5-7-9-11-13-15-17-18-19-20-21-22-23-24-25-26-27-28-29-30-31-32-33-34-35-36-37-38-39-40-42-44-46-48-50-52-54-59(62)64-57(55-60)56-63-58(61)53-51-49-47-45-43-41-16-14-12-10-8-6-4-2/h5,7,11,13,17-18,20-21,23-24,26-27,29-30,32-33,35-36,38-39,42,44,57,60H,3-4,6,8-10,12,14-16,19,22,25,28,31,34,37,40-41,43,45-56H2,1-2H3/b7-5-,13-11-,18-17-,21-20-,24-23-,27-26-,30-29-,33-32-,36-35-,39-38-,44-42-. The first kappa shape index (κ1) is 60.0. The van der Waals surface area contributed by atoms with Crippen LogP contribution >= 0.6 is 0 Å². The van der Waals surface area contributed by atoms with Gasteiger partial charge in [0, 0.05) is 12.8 Å². The summed E-state index contributed by atoms with van der Waals surface area (Å²) in [4.78, 5) is 24.4. The number of rotatable bonds is 45. The maximum Gasteiger partial charge on any atom is 0.306 e. The second-order valence-corrected chi connectivity index (χ2v) is 16.5. The number of unbranched alkanes of at least 4 members (excludes halogenated alkanes) is 15. The van der Waals surface area contributed by atoms with E-state index in [4.69, 9.17) is 9.47 Å². The fraction of sp³-hybridized carbons (Fsp3) is 0.593. The maximum absolute atomic E-state index is 12.2. The van der Waals surface area contributed by atoms with Crippen LogP contribution in [0.15, 0.2) is 134 Å². The van der Waals surface area contributed by atoms with Crippen LogP contribution in [0.2, 0.25) is 0 Å². The molecule has 1 unspecified atom stereocenters. The second kappa shape index (κ2) is 53.4. The van der Waals surface area contributed by atoms with E-state index in [-0.39, 0.29) is 25.2 Å². The molecule has 0 aliphatic carbocycles. The van der Waals surface area contributed by atoms with E-state index in [0.29, 0.717) is 12.8 Å². The monoisotopic (exact) mass is 883 g/mol. The molecule has 0 saturated carbocycles. The number of hydrogen-bond acceptors (Lipinski definition) is 5. The Morgan fingerprint density at radius 3 is 1.02 bits per heavy atom. The predicted molar refractivity (Wildman–Crippen MR) is 278 cm³/mol. The van der Waals surface area contributed by atoms with E-state index in [1.54, 1.807) is 0 Å². The van der Waals surface area contributed by atoms with E-state index in [0.717, 1.165) is 116 Å². The molecule has 1 atom stereocenters. The van der Waals surface area contributed by atoms with Crippen molar-refractivity contribution in [1.82, 2.24) is 0 Å². The molecule has 0 aliphatic heterocycles. The molecule has 5 heteroatoms. The Hall–Kier alpha value is -3.96. The van der Waals surface area contributed by atoms with Gasteiger partial charge in [0.1, 0.15) is 6.61 Å². The number of aliphatic hydroxyl groups excluding tert-OH is 1. The zero-order valence-corrected chi connectivity index (χ0v) is 41.0. The normalized spacial score (nSPS) is 13.4. The van der Waals surface area contributed by atoms with Crippen molar-refractivity contribution in [3.63, 3.8) is 0 Å². The van der Waals surface area contributed by atoms with Crippen molar-refractivity contribution in [3.8, 4) is 0 Å². The molecule has 64 heavy (non-hydrogen) atoms. The highest BCUT2D eigenvalue weighted by Crippen LogP contribution is 2.14. The summed E-state index contributed by atoms with van der Waals surface area (Å²) < 4.78 is 10.6. The van der Waals surface area contributed by atoms with Gasteiger partial charge in [-0.05, 0) is 96.3 Å². The SMILES string of the molecule is CC/C=C\C/C=C\C/C=C\C/C=C\C/C=C\C/C=C\C/C=C\C/C=C\C/C=C\C/C=C\C/C=C\CCCCCC(=O)OC(CO)COC(=O)CCCCCCCCCCCCCCC. The molecule has 0 spiro atoms. The van der Waals surface area contributed by atoms with Crippen LogP contribution in [-0.4, -0.2) is 36.4 Å². The molecule has 0 aromatic carbocycles. The van der Waals surface area contributed by atoms with Crippen LogP contribution in [0.4, 0.5) is 0 Å². The summed E-state index contributed by atoms with van der Waals surface area (Å²) >= 11 is 0. The first-order valence-corrected chi connectivity index (χ1v) is 25.7. The Bertz CT molecular complexity index is 1370. The highest BCUT2D eigenvalue weighted by atomic mass is 16.6. The molecule has 0 saturated heterocycles.